The van der Waals surface area contributed by atoms with Crippen LogP contribution in [0.5, 0.6) is 5.75 Å². The third-order valence-corrected chi connectivity index (χ3v) is 3.22. The van der Waals surface area contributed by atoms with E-state index in [1.54, 1.807) is 11.8 Å². The minimum atomic E-state index is -4.75. The average molecular weight is 331 g/mol. The molecule has 0 spiro atoms. The summed E-state index contributed by atoms with van der Waals surface area (Å²) in [5.41, 5.74) is 0.331. The van der Waals surface area contributed by atoms with E-state index in [1.807, 2.05) is 0 Å². The van der Waals surface area contributed by atoms with Gasteiger partial charge in [0.05, 0.1) is 6.04 Å². The molecule has 0 aromatic heterocycles. The number of ether oxygens (including phenoxy) is 1. The van der Waals surface area contributed by atoms with E-state index in [-0.39, 0.29) is 17.7 Å². The van der Waals surface area contributed by atoms with Gasteiger partial charge in [0.15, 0.2) is 0 Å². The Labute approximate surface area is 130 Å². The summed E-state index contributed by atoms with van der Waals surface area (Å²) in [6.07, 6.45) is -4.33. The molecule has 9 heteroatoms. The fraction of sp³-hybridized carbons (Fsp3) is 0.429. The van der Waals surface area contributed by atoms with Crippen LogP contribution in [0.15, 0.2) is 24.3 Å². The Hall–Kier alpha value is -2.45. The number of carbonyl (C=O) groups excluding carboxylic acids is 2. The van der Waals surface area contributed by atoms with Gasteiger partial charge in [-0.1, -0.05) is 6.92 Å². The van der Waals surface area contributed by atoms with E-state index >= 15 is 0 Å². The molecule has 6 nitrogen and oxygen atoms in total. The quantitative estimate of drug-likeness (QED) is 0.889. The zero-order valence-electron chi connectivity index (χ0n) is 12.3. The number of urea groups is 1. The lowest BCUT2D eigenvalue weighted by molar-refractivity contribution is -0.274. The molecule has 0 aliphatic carbocycles. The maximum absolute atomic E-state index is 12.0. The van der Waals surface area contributed by atoms with Gasteiger partial charge in [0.2, 0.25) is 5.91 Å². The number of hydrogen-bond donors (Lipinski definition) is 2. The fourth-order valence-corrected chi connectivity index (χ4v) is 2.09. The lowest BCUT2D eigenvalue weighted by Crippen LogP contribution is -2.61. The number of nitrogens with one attached hydrogen (secondary N) is 2. The van der Waals surface area contributed by atoms with E-state index in [2.05, 4.69) is 15.4 Å². The monoisotopic (exact) mass is 331 g/mol. The van der Waals surface area contributed by atoms with E-state index in [9.17, 15) is 22.8 Å². The Morgan fingerprint density at radius 3 is 2.39 bits per heavy atom. The van der Waals surface area contributed by atoms with Gasteiger partial charge in [-0.05, 0) is 24.3 Å². The summed E-state index contributed by atoms with van der Waals surface area (Å²) in [7, 11) is 0. The summed E-state index contributed by atoms with van der Waals surface area (Å²) in [6.45, 7) is 2.68. The number of amides is 3. The van der Waals surface area contributed by atoms with E-state index in [0.717, 1.165) is 12.1 Å². The van der Waals surface area contributed by atoms with Crippen molar-refractivity contribution in [3.8, 4) is 5.75 Å². The molecule has 23 heavy (non-hydrogen) atoms. The molecule has 1 aliphatic rings. The third-order valence-electron chi connectivity index (χ3n) is 3.22. The number of alkyl halides is 3. The van der Waals surface area contributed by atoms with Gasteiger partial charge in [0.25, 0.3) is 0 Å². The smallest absolute Gasteiger partial charge is 0.406 e. The molecule has 0 atom stereocenters. The highest BCUT2D eigenvalue weighted by atomic mass is 19.4. The van der Waals surface area contributed by atoms with Crippen molar-refractivity contribution in [2.45, 2.75) is 25.7 Å². The van der Waals surface area contributed by atoms with Crippen molar-refractivity contribution in [3.05, 3.63) is 24.3 Å². The Bertz CT molecular complexity index is 569. The van der Waals surface area contributed by atoms with E-state index < -0.39 is 12.4 Å². The van der Waals surface area contributed by atoms with Crippen molar-refractivity contribution >= 4 is 17.6 Å². The zero-order chi connectivity index (χ0) is 17.0. The van der Waals surface area contributed by atoms with Gasteiger partial charge in [-0.3, -0.25) is 4.79 Å². The molecule has 1 aromatic carbocycles. The number of halogens is 3. The van der Waals surface area contributed by atoms with E-state index in [4.69, 9.17) is 0 Å². The first-order valence-electron chi connectivity index (χ1n) is 6.98. The van der Waals surface area contributed by atoms with Gasteiger partial charge in [0.1, 0.15) is 5.75 Å². The maximum Gasteiger partial charge on any atom is 0.573 e. The highest BCUT2D eigenvalue weighted by Crippen LogP contribution is 2.23. The van der Waals surface area contributed by atoms with Gasteiger partial charge in [-0.2, -0.15) is 0 Å². The summed E-state index contributed by atoms with van der Waals surface area (Å²) < 4.78 is 39.8. The second-order valence-corrected chi connectivity index (χ2v) is 5.02. The van der Waals surface area contributed by atoms with Crippen LogP contribution in [0.25, 0.3) is 0 Å². The average Bonchev–Trinajstić information content (AvgIpc) is 2.42. The number of likely N-dealkylation sites (tertiary alicyclic amines) is 1. The van der Waals surface area contributed by atoms with Crippen LogP contribution < -0.4 is 15.4 Å². The third kappa shape index (κ3) is 5.04. The molecule has 1 heterocycles. The van der Waals surface area contributed by atoms with Crippen LogP contribution in [-0.4, -0.2) is 42.3 Å². The molecule has 2 rings (SSSR count). The summed E-state index contributed by atoms with van der Waals surface area (Å²) in [4.78, 5) is 24.7. The molecule has 1 fully saturated rings. The molecule has 0 saturated carbocycles. The summed E-state index contributed by atoms with van der Waals surface area (Å²) in [5, 5.41) is 5.17. The lowest BCUT2D eigenvalue weighted by atomic mass is 10.1. The number of nitrogens with zero attached hydrogens (tertiary/aromatic N) is 1. The predicted octanol–water partition coefficient (Wildman–Crippen LogP) is 2.33. The largest absolute Gasteiger partial charge is 0.573 e. The normalized spacial score (nSPS) is 14.9. The van der Waals surface area contributed by atoms with Crippen molar-refractivity contribution in [1.82, 2.24) is 10.2 Å². The summed E-state index contributed by atoms with van der Waals surface area (Å²) >= 11 is 0. The van der Waals surface area contributed by atoms with Crippen LogP contribution in [0, 0.1) is 0 Å². The van der Waals surface area contributed by atoms with Crippen LogP contribution in [0.3, 0.4) is 0 Å². The molecule has 0 unspecified atom stereocenters. The van der Waals surface area contributed by atoms with Gasteiger partial charge in [-0.25, -0.2) is 4.79 Å². The van der Waals surface area contributed by atoms with Crippen LogP contribution in [0.2, 0.25) is 0 Å². The summed E-state index contributed by atoms with van der Waals surface area (Å²) in [5.74, 6) is -0.333. The van der Waals surface area contributed by atoms with Crippen LogP contribution >= 0.6 is 0 Å². The first kappa shape index (κ1) is 16.9. The SMILES string of the molecule is CCC(=O)N1CC(NC(=O)Nc2ccc(OC(F)(F)F)cc2)C1. The van der Waals surface area contributed by atoms with Gasteiger partial charge < -0.3 is 20.3 Å². The molecule has 1 aromatic rings. The Kier molecular flexibility index (Phi) is 4.97. The minimum Gasteiger partial charge on any atom is -0.406 e. The highest BCUT2D eigenvalue weighted by Gasteiger charge is 2.31. The molecular formula is C14H16F3N3O3. The molecular weight excluding hydrogens is 315 g/mol. The Morgan fingerprint density at radius 2 is 1.87 bits per heavy atom. The van der Waals surface area contributed by atoms with Crippen molar-refractivity contribution in [2.75, 3.05) is 18.4 Å². The van der Waals surface area contributed by atoms with Gasteiger partial charge in [0, 0.05) is 25.2 Å². The topological polar surface area (TPSA) is 70.7 Å². The maximum atomic E-state index is 12.0. The molecule has 0 bridgehead atoms. The molecule has 1 saturated heterocycles. The van der Waals surface area contributed by atoms with E-state index in [1.165, 1.54) is 12.1 Å². The Morgan fingerprint density at radius 1 is 1.26 bits per heavy atom. The molecule has 3 amide bonds. The van der Waals surface area contributed by atoms with Crippen molar-refractivity contribution in [1.29, 1.82) is 0 Å². The number of benzene rings is 1. The first-order valence-corrected chi connectivity index (χ1v) is 6.98. The lowest BCUT2D eigenvalue weighted by Gasteiger charge is -2.39. The predicted molar refractivity (Wildman–Crippen MR) is 75.9 cm³/mol. The van der Waals surface area contributed by atoms with Crippen molar-refractivity contribution in [2.24, 2.45) is 0 Å². The molecule has 126 valence electrons. The zero-order valence-corrected chi connectivity index (χ0v) is 12.3. The van der Waals surface area contributed by atoms with Crippen LogP contribution in [0.4, 0.5) is 23.7 Å². The number of carbonyl (C=O) groups is 2. The van der Waals surface area contributed by atoms with Gasteiger partial charge in [-0.15, -0.1) is 13.2 Å². The second-order valence-electron chi connectivity index (χ2n) is 5.02. The fourth-order valence-electron chi connectivity index (χ4n) is 2.09. The van der Waals surface area contributed by atoms with Crippen LogP contribution in [-0.2, 0) is 4.79 Å². The highest BCUT2D eigenvalue weighted by molar-refractivity contribution is 5.89. The molecule has 0 radical (unpaired) electrons. The summed E-state index contributed by atoms with van der Waals surface area (Å²) in [6, 6.07) is 4.20. The molecule has 1 aliphatic heterocycles. The molecule has 2 N–H and O–H groups in total. The minimum absolute atomic E-state index is 0.0312. The first-order chi connectivity index (χ1) is 10.8. The Balaban J connectivity index is 1.77. The van der Waals surface area contributed by atoms with Gasteiger partial charge >= 0.3 is 12.4 Å². The standard InChI is InChI=1S/C14H16F3N3O3/c1-2-12(21)20-7-10(8-20)19-13(22)18-9-3-5-11(6-4-9)23-14(15,16)17/h3-6,10H,2,7-8H2,1H3,(H2,18,19,22). The van der Waals surface area contributed by atoms with Crippen LogP contribution in [0.1, 0.15) is 13.3 Å². The second kappa shape index (κ2) is 6.76. The van der Waals surface area contributed by atoms with Crippen molar-refractivity contribution < 1.29 is 27.5 Å². The number of anilines is 1. The number of rotatable bonds is 4. The van der Waals surface area contributed by atoms with Crippen molar-refractivity contribution in [3.63, 3.8) is 0 Å². The van der Waals surface area contributed by atoms with E-state index in [0.29, 0.717) is 25.2 Å². The number of hydrogen-bond acceptors (Lipinski definition) is 3.